The molecular weight excluding hydrogens is 508 g/mol. The van der Waals surface area contributed by atoms with Crippen LogP contribution in [0.15, 0.2) is 54.1 Å². The number of carbonyl (C=O) groups is 3. The molecule has 1 unspecified atom stereocenters. The number of hydrogen-bond acceptors (Lipinski definition) is 9. The molecule has 1 aromatic heterocycles. The summed E-state index contributed by atoms with van der Waals surface area (Å²) in [5, 5.41) is 11.5. The summed E-state index contributed by atoms with van der Waals surface area (Å²) in [5.74, 6) is -1.63. The van der Waals surface area contributed by atoms with E-state index in [9.17, 15) is 19.5 Å². The SMILES string of the molecule is CCCOc1cccc(C(O)=C2C(=O)C(=O)N(c3nc(C)c(C(=O)OCC)s3)C2c2cccc(OC)c2)c1. The molecule has 1 fully saturated rings. The van der Waals surface area contributed by atoms with Crippen molar-refractivity contribution in [3.05, 3.63) is 75.8 Å². The third kappa shape index (κ3) is 5.12. The van der Waals surface area contributed by atoms with E-state index in [0.717, 1.165) is 17.8 Å². The van der Waals surface area contributed by atoms with Gasteiger partial charge in [-0.15, -0.1) is 0 Å². The van der Waals surface area contributed by atoms with Crippen LogP contribution in [0.25, 0.3) is 5.76 Å². The van der Waals surface area contributed by atoms with Crippen LogP contribution in [0.2, 0.25) is 0 Å². The van der Waals surface area contributed by atoms with Crippen LogP contribution in [-0.4, -0.2) is 48.1 Å². The molecule has 0 saturated carbocycles. The summed E-state index contributed by atoms with van der Waals surface area (Å²) in [4.78, 5) is 45.2. The second-order valence-electron chi connectivity index (χ2n) is 8.45. The summed E-state index contributed by atoms with van der Waals surface area (Å²) >= 11 is 0.952. The van der Waals surface area contributed by atoms with Crippen LogP contribution in [0.1, 0.15) is 52.8 Å². The Kier molecular flexibility index (Phi) is 8.11. The highest BCUT2D eigenvalue weighted by atomic mass is 32.1. The number of aryl methyl sites for hydroxylation is 1. The minimum atomic E-state index is -1.02. The maximum Gasteiger partial charge on any atom is 0.350 e. The van der Waals surface area contributed by atoms with Gasteiger partial charge in [0.05, 0.1) is 37.6 Å². The molecule has 1 aliphatic heterocycles. The number of hydrogen-bond donors (Lipinski definition) is 1. The minimum Gasteiger partial charge on any atom is -0.507 e. The van der Waals surface area contributed by atoms with E-state index in [4.69, 9.17) is 14.2 Å². The van der Waals surface area contributed by atoms with Gasteiger partial charge < -0.3 is 19.3 Å². The first-order valence-electron chi connectivity index (χ1n) is 12.1. The number of methoxy groups -OCH3 is 1. The third-order valence-electron chi connectivity index (χ3n) is 5.89. The van der Waals surface area contributed by atoms with E-state index in [0.29, 0.717) is 34.9 Å². The molecule has 38 heavy (non-hydrogen) atoms. The Labute approximate surface area is 224 Å². The monoisotopic (exact) mass is 536 g/mol. The summed E-state index contributed by atoms with van der Waals surface area (Å²) in [6, 6.07) is 12.6. The Balaban J connectivity index is 1.89. The smallest absolute Gasteiger partial charge is 0.350 e. The second kappa shape index (κ2) is 11.5. The van der Waals surface area contributed by atoms with Gasteiger partial charge in [0.2, 0.25) is 0 Å². The molecule has 4 rings (SSSR count). The molecular formula is C28H28N2O7S. The second-order valence-corrected chi connectivity index (χ2v) is 9.43. The predicted molar refractivity (Wildman–Crippen MR) is 143 cm³/mol. The number of aromatic nitrogens is 1. The quantitative estimate of drug-likeness (QED) is 0.175. The highest BCUT2D eigenvalue weighted by Crippen LogP contribution is 2.44. The first-order valence-corrected chi connectivity index (χ1v) is 12.9. The molecule has 1 aliphatic rings. The van der Waals surface area contributed by atoms with Crippen molar-refractivity contribution in [1.82, 2.24) is 4.98 Å². The Morgan fingerprint density at radius 1 is 1.11 bits per heavy atom. The molecule has 1 amide bonds. The molecule has 3 aromatic rings. The average molecular weight is 537 g/mol. The number of rotatable bonds is 9. The van der Waals surface area contributed by atoms with Gasteiger partial charge in [-0.3, -0.25) is 14.5 Å². The molecule has 1 atom stereocenters. The fourth-order valence-electron chi connectivity index (χ4n) is 4.14. The van der Waals surface area contributed by atoms with E-state index < -0.39 is 23.7 Å². The number of benzene rings is 2. The third-order valence-corrected chi connectivity index (χ3v) is 7.02. The Morgan fingerprint density at radius 2 is 1.84 bits per heavy atom. The first kappa shape index (κ1) is 26.9. The van der Waals surface area contributed by atoms with Crippen LogP contribution in [0.3, 0.4) is 0 Å². The van der Waals surface area contributed by atoms with Crippen molar-refractivity contribution in [2.24, 2.45) is 0 Å². The Morgan fingerprint density at radius 3 is 2.55 bits per heavy atom. The molecule has 10 heteroatoms. The van der Waals surface area contributed by atoms with Crippen molar-refractivity contribution in [3.63, 3.8) is 0 Å². The first-order chi connectivity index (χ1) is 18.3. The van der Waals surface area contributed by atoms with Crippen LogP contribution in [0.4, 0.5) is 5.13 Å². The lowest BCUT2D eigenvalue weighted by molar-refractivity contribution is -0.132. The zero-order valence-electron chi connectivity index (χ0n) is 21.5. The molecule has 2 heterocycles. The highest BCUT2D eigenvalue weighted by Gasteiger charge is 2.48. The van der Waals surface area contributed by atoms with Crippen molar-refractivity contribution >= 4 is 39.9 Å². The normalized spacial score (nSPS) is 16.5. The van der Waals surface area contributed by atoms with Gasteiger partial charge in [0, 0.05) is 5.56 Å². The molecule has 0 aliphatic carbocycles. The molecule has 198 valence electrons. The van der Waals surface area contributed by atoms with Crippen molar-refractivity contribution in [3.8, 4) is 11.5 Å². The maximum absolute atomic E-state index is 13.4. The molecule has 0 radical (unpaired) electrons. The van der Waals surface area contributed by atoms with E-state index in [1.165, 1.54) is 12.0 Å². The Bertz CT molecular complexity index is 1410. The number of aliphatic hydroxyl groups is 1. The van der Waals surface area contributed by atoms with Crippen molar-refractivity contribution in [1.29, 1.82) is 0 Å². The van der Waals surface area contributed by atoms with Gasteiger partial charge in [0.1, 0.15) is 22.1 Å². The molecule has 0 spiro atoms. The van der Waals surface area contributed by atoms with E-state index in [1.807, 2.05) is 6.92 Å². The zero-order valence-corrected chi connectivity index (χ0v) is 22.3. The van der Waals surface area contributed by atoms with Gasteiger partial charge in [-0.25, -0.2) is 9.78 Å². The minimum absolute atomic E-state index is 0.110. The molecule has 0 bridgehead atoms. The number of thiazole rings is 1. The number of carbonyl (C=O) groups excluding carboxylic acids is 3. The van der Waals surface area contributed by atoms with Gasteiger partial charge in [-0.1, -0.05) is 42.5 Å². The summed E-state index contributed by atoms with van der Waals surface area (Å²) in [6.45, 7) is 5.97. The fourth-order valence-corrected chi connectivity index (χ4v) is 5.12. The van der Waals surface area contributed by atoms with Gasteiger partial charge >= 0.3 is 11.9 Å². The van der Waals surface area contributed by atoms with Crippen LogP contribution in [0.5, 0.6) is 11.5 Å². The van der Waals surface area contributed by atoms with E-state index >= 15 is 0 Å². The topological polar surface area (TPSA) is 115 Å². The number of aliphatic hydroxyl groups excluding tert-OH is 1. The number of amides is 1. The van der Waals surface area contributed by atoms with E-state index in [1.54, 1.807) is 62.4 Å². The van der Waals surface area contributed by atoms with Gasteiger partial charge in [-0.2, -0.15) is 0 Å². The summed E-state index contributed by atoms with van der Waals surface area (Å²) in [5.41, 5.74) is 1.11. The van der Waals surface area contributed by atoms with Crippen LogP contribution >= 0.6 is 11.3 Å². The molecule has 2 aromatic carbocycles. The number of esters is 1. The maximum atomic E-state index is 13.4. The summed E-state index contributed by atoms with van der Waals surface area (Å²) in [6.07, 6.45) is 0.804. The van der Waals surface area contributed by atoms with Crippen molar-refractivity contribution < 1.29 is 33.7 Å². The molecule has 1 saturated heterocycles. The van der Waals surface area contributed by atoms with Gasteiger partial charge in [-0.05, 0) is 50.1 Å². The van der Waals surface area contributed by atoms with E-state index in [-0.39, 0.29) is 27.9 Å². The fraction of sp³-hybridized carbons (Fsp3) is 0.286. The number of ketones is 1. The lowest BCUT2D eigenvalue weighted by Gasteiger charge is -2.23. The standard InChI is InChI=1S/C28H28N2O7S/c1-5-13-37-20-12-8-10-18(15-20)23(31)21-22(17-9-7-11-19(14-17)35-4)30(26(33)24(21)32)28-29-16(3)25(38-28)27(34)36-6-2/h7-12,14-15,22,31H,5-6,13H2,1-4H3. The van der Waals surface area contributed by atoms with Gasteiger partial charge in [0.15, 0.2) is 5.13 Å². The zero-order chi connectivity index (χ0) is 27.4. The van der Waals surface area contributed by atoms with Crippen LogP contribution < -0.4 is 14.4 Å². The summed E-state index contributed by atoms with van der Waals surface area (Å²) < 4.78 is 16.2. The number of Topliss-reactive ketones (excluding diaryl/α,β-unsaturated/α-hetero) is 1. The highest BCUT2D eigenvalue weighted by molar-refractivity contribution is 7.17. The van der Waals surface area contributed by atoms with Crippen molar-refractivity contribution in [2.45, 2.75) is 33.2 Å². The van der Waals surface area contributed by atoms with E-state index in [2.05, 4.69) is 4.98 Å². The van der Waals surface area contributed by atoms with Gasteiger partial charge in [0.25, 0.3) is 5.78 Å². The number of anilines is 1. The number of ether oxygens (including phenoxy) is 3. The molecule has 1 N–H and O–H groups in total. The van der Waals surface area contributed by atoms with Crippen LogP contribution in [0, 0.1) is 6.92 Å². The molecule has 9 nitrogen and oxygen atoms in total. The summed E-state index contributed by atoms with van der Waals surface area (Å²) in [7, 11) is 1.51. The lowest BCUT2D eigenvalue weighted by atomic mass is 9.95. The van der Waals surface area contributed by atoms with Crippen LogP contribution in [-0.2, 0) is 14.3 Å². The van der Waals surface area contributed by atoms with Crippen molar-refractivity contribution in [2.75, 3.05) is 25.2 Å². The largest absolute Gasteiger partial charge is 0.507 e. The Hall–Kier alpha value is -4.18. The average Bonchev–Trinajstić information content (AvgIpc) is 3.43. The lowest BCUT2D eigenvalue weighted by Crippen LogP contribution is -2.29. The number of nitrogens with zero attached hydrogens (tertiary/aromatic N) is 2. The predicted octanol–water partition coefficient (Wildman–Crippen LogP) is 5.05.